The first-order chi connectivity index (χ1) is 13.0. The number of aromatic hydroxyl groups is 1. The van der Waals surface area contributed by atoms with Crippen LogP contribution in [0.1, 0.15) is 48.2 Å². The van der Waals surface area contributed by atoms with E-state index in [2.05, 4.69) is 5.32 Å². The van der Waals surface area contributed by atoms with Crippen molar-refractivity contribution < 1.29 is 19.4 Å². The molecule has 27 heavy (non-hydrogen) atoms. The third kappa shape index (κ3) is 5.32. The Morgan fingerprint density at radius 2 is 2.00 bits per heavy atom. The summed E-state index contributed by atoms with van der Waals surface area (Å²) in [5.74, 6) is 0.482. The molecular formula is C21H25NO4S. The summed E-state index contributed by atoms with van der Waals surface area (Å²) in [5.41, 5.74) is 1.95. The molecule has 3 rings (SSSR count). The zero-order chi connectivity index (χ0) is 19.2. The standard InChI is InChI=1S/C21H25NO4S/c1-26-20(24)10-5-14-3-2-4-17(11-14)22-21(25)19-12-16(13-27-19)15-6-8-18(23)9-7-15/h6-9,12-14,17,23H,2-5,10-11H2,1H3,(H,22,25)/t14-,17?/m0/s1. The van der Waals surface area contributed by atoms with Crippen molar-refractivity contribution in [2.75, 3.05) is 7.11 Å². The monoisotopic (exact) mass is 387 g/mol. The lowest BCUT2D eigenvalue weighted by atomic mass is 9.83. The van der Waals surface area contributed by atoms with E-state index in [9.17, 15) is 14.7 Å². The van der Waals surface area contributed by atoms with Gasteiger partial charge in [0, 0.05) is 12.5 Å². The Kier molecular flexibility index (Phi) is 6.50. The molecule has 6 heteroatoms. The molecule has 1 saturated carbocycles. The Morgan fingerprint density at radius 1 is 1.22 bits per heavy atom. The number of ether oxygens (including phenoxy) is 1. The van der Waals surface area contributed by atoms with E-state index in [0.717, 1.165) is 43.2 Å². The summed E-state index contributed by atoms with van der Waals surface area (Å²) in [6.45, 7) is 0. The first kappa shape index (κ1) is 19.4. The number of thiophene rings is 1. The predicted molar refractivity (Wildman–Crippen MR) is 106 cm³/mol. The van der Waals surface area contributed by atoms with Gasteiger partial charge in [0.25, 0.3) is 5.91 Å². The van der Waals surface area contributed by atoms with Gasteiger partial charge in [-0.15, -0.1) is 11.3 Å². The lowest BCUT2D eigenvalue weighted by Crippen LogP contribution is -2.38. The molecule has 2 atom stereocenters. The molecule has 1 aliphatic rings. The zero-order valence-corrected chi connectivity index (χ0v) is 16.3. The van der Waals surface area contributed by atoms with E-state index < -0.39 is 0 Å². The van der Waals surface area contributed by atoms with Crippen LogP contribution in [0.4, 0.5) is 0 Å². The van der Waals surface area contributed by atoms with Crippen molar-refractivity contribution in [3.8, 4) is 16.9 Å². The van der Waals surface area contributed by atoms with Crippen LogP contribution in [0.3, 0.4) is 0 Å². The molecule has 2 N–H and O–H groups in total. The molecule has 1 aromatic carbocycles. The van der Waals surface area contributed by atoms with Gasteiger partial charge in [-0.1, -0.05) is 25.0 Å². The molecule has 144 valence electrons. The van der Waals surface area contributed by atoms with Crippen LogP contribution < -0.4 is 5.32 Å². The summed E-state index contributed by atoms with van der Waals surface area (Å²) >= 11 is 1.43. The number of benzene rings is 1. The fourth-order valence-electron chi connectivity index (χ4n) is 3.63. The van der Waals surface area contributed by atoms with E-state index in [1.165, 1.54) is 18.4 Å². The normalized spacial score (nSPS) is 19.4. The number of nitrogens with one attached hydrogen (secondary N) is 1. The molecule has 1 heterocycles. The quantitative estimate of drug-likeness (QED) is 0.722. The van der Waals surface area contributed by atoms with Gasteiger partial charge >= 0.3 is 5.97 Å². The van der Waals surface area contributed by atoms with Crippen LogP contribution in [0.2, 0.25) is 0 Å². The van der Waals surface area contributed by atoms with E-state index >= 15 is 0 Å². The maximum absolute atomic E-state index is 12.6. The molecule has 1 unspecified atom stereocenters. The van der Waals surface area contributed by atoms with E-state index in [1.54, 1.807) is 12.1 Å². The van der Waals surface area contributed by atoms with Crippen molar-refractivity contribution in [2.24, 2.45) is 5.92 Å². The minimum absolute atomic E-state index is 0.0383. The number of hydrogen-bond donors (Lipinski definition) is 2. The van der Waals surface area contributed by atoms with Crippen LogP contribution in [0.5, 0.6) is 5.75 Å². The van der Waals surface area contributed by atoms with Crippen molar-refractivity contribution in [1.29, 1.82) is 0 Å². The Labute approximate surface area is 163 Å². The average Bonchev–Trinajstić information content (AvgIpc) is 3.17. The minimum Gasteiger partial charge on any atom is -0.508 e. The van der Waals surface area contributed by atoms with Crippen LogP contribution in [-0.2, 0) is 9.53 Å². The Balaban J connectivity index is 1.55. The highest BCUT2D eigenvalue weighted by atomic mass is 32.1. The maximum atomic E-state index is 12.6. The van der Waals surface area contributed by atoms with Gasteiger partial charge in [0.05, 0.1) is 12.0 Å². The smallest absolute Gasteiger partial charge is 0.305 e. The van der Waals surface area contributed by atoms with Gasteiger partial charge in [-0.2, -0.15) is 0 Å². The molecule has 0 saturated heterocycles. The number of rotatable bonds is 6. The van der Waals surface area contributed by atoms with Gasteiger partial charge in [0.15, 0.2) is 0 Å². The first-order valence-electron chi connectivity index (χ1n) is 9.30. The fraction of sp³-hybridized carbons (Fsp3) is 0.429. The highest BCUT2D eigenvalue weighted by Gasteiger charge is 2.24. The molecule has 5 nitrogen and oxygen atoms in total. The van der Waals surface area contributed by atoms with Crippen LogP contribution in [0, 0.1) is 5.92 Å². The molecule has 1 amide bonds. The lowest BCUT2D eigenvalue weighted by Gasteiger charge is -2.29. The molecular weight excluding hydrogens is 362 g/mol. The highest BCUT2D eigenvalue weighted by molar-refractivity contribution is 7.12. The van der Waals surface area contributed by atoms with Crippen molar-refractivity contribution in [1.82, 2.24) is 5.32 Å². The van der Waals surface area contributed by atoms with Crippen molar-refractivity contribution in [3.63, 3.8) is 0 Å². The second-order valence-electron chi connectivity index (χ2n) is 7.06. The summed E-state index contributed by atoms with van der Waals surface area (Å²) < 4.78 is 4.71. The molecule has 1 aliphatic carbocycles. The number of methoxy groups -OCH3 is 1. The first-order valence-corrected chi connectivity index (χ1v) is 10.2. The third-order valence-electron chi connectivity index (χ3n) is 5.13. The topological polar surface area (TPSA) is 75.6 Å². The summed E-state index contributed by atoms with van der Waals surface area (Å²) in [6, 6.07) is 9.02. The van der Waals surface area contributed by atoms with Crippen molar-refractivity contribution >= 4 is 23.2 Å². The van der Waals surface area contributed by atoms with Gasteiger partial charge in [0.2, 0.25) is 0 Å². The zero-order valence-electron chi connectivity index (χ0n) is 15.4. The number of phenolic OH excluding ortho intramolecular Hbond substituents is 1. The van der Waals surface area contributed by atoms with E-state index in [4.69, 9.17) is 4.74 Å². The third-order valence-corrected chi connectivity index (χ3v) is 6.06. The Hall–Kier alpha value is -2.34. The SMILES string of the molecule is COC(=O)CC[C@@H]1CCCC(NC(=O)c2cc(-c3ccc(O)cc3)cs2)C1. The molecule has 2 aromatic rings. The minimum atomic E-state index is -0.165. The van der Waals surface area contributed by atoms with Gasteiger partial charge < -0.3 is 15.2 Å². The van der Waals surface area contributed by atoms with Crippen molar-refractivity contribution in [2.45, 2.75) is 44.6 Å². The number of esters is 1. The van der Waals surface area contributed by atoms with Gasteiger partial charge in [-0.25, -0.2) is 0 Å². The number of phenols is 1. The Bertz CT molecular complexity index is 784. The molecule has 1 fully saturated rings. The molecule has 0 bridgehead atoms. The second kappa shape index (κ2) is 9.04. The van der Waals surface area contributed by atoms with Crippen LogP contribution in [0.25, 0.3) is 11.1 Å². The summed E-state index contributed by atoms with van der Waals surface area (Å²) in [7, 11) is 1.42. The van der Waals surface area contributed by atoms with Crippen LogP contribution >= 0.6 is 11.3 Å². The summed E-state index contributed by atoms with van der Waals surface area (Å²) in [4.78, 5) is 24.6. The second-order valence-corrected chi connectivity index (χ2v) is 7.98. The van der Waals surface area contributed by atoms with E-state index in [1.807, 2.05) is 23.6 Å². The fourth-order valence-corrected chi connectivity index (χ4v) is 4.44. The van der Waals surface area contributed by atoms with Crippen LogP contribution in [0.15, 0.2) is 35.7 Å². The van der Waals surface area contributed by atoms with E-state index in [-0.39, 0.29) is 23.7 Å². The number of hydrogen-bond acceptors (Lipinski definition) is 5. The predicted octanol–water partition coefficient (Wildman–Crippen LogP) is 4.36. The molecule has 0 spiro atoms. The van der Waals surface area contributed by atoms with Gasteiger partial charge in [0.1, 0.15) is 5.75 Å². The highest BCUT2D eigenvalue weighted by Crippen LogP contribution is 2.30. The van der Waals surface area contributed by atoms with Gasteiger partial charge in [-0.05, 0) is 59.9 Å². The average molecular weight is 388 g/mol. The number of carbonyl (C=O) groups is 2. The van der Waals surface area contributed by atoms with Crippen LogP contribution in [-0.4, -0.2) is 30.1 Å². The molecule has 0 aliphatic heterocycles. The van der Waals surface area contributed by atoms with Gasteiger partial charge in [-0.3, -0.25) is 9.59 Å². The Morgan fingerprint density at radius 3 is 2.74 bits per heavy atom. The van der Waals surface area contributed by atoms with Crippen molar-refractivity contribution in [3.05, 3.63) is 40.6 Å². The molecule has 0 radical (unpaired) electrons. The number of carbonyl (C=O) groups excluding carboxylic acids is 2. The van der Waals surface area contributed by atoms with E-state index in [0.29, 0.717) is 17.2 Å². The maximum Gasteiger partial charge on any atom is 0.305 e. The molecule has 1 aromatic heterocycles. The summed E-state index contributed by atoms with van der Waals surface area (Å²) in [6.07, 6.45) is 5.34. The largest absolute Gasteiger partial charge is 0.508 e. The lowest BCUT2D eigenvalue weighted by molar-refractivity contribution is -0.141. The summed E-state index contributed by atoms with van der Waals surface area (Å²) in [5, 5.41) is 14.5. The number of amides is 1.